The molecular weight excluding hydrogens is 138 g/mol. The van der Waals surface area contributed by atoms with Crippen LogP contribution in [0.1, 0.15) is 0 Å². The van der Waals surface area contributed by atoms with Gasteiger partial charge in [-0.05, 0) is 7.05 Å². The smallest absolute Gasteiger partial charge is 0.294 e. The molecule has 0 atom stereocenters. The lowest BCUT2D eigenvalue weighted by Gasteiger charge is -2.11. The van der Waals surface area contributed by atoms with Gasteiger partial charge in [0.15, 0.2) is 0 Å². The molecule has 5 heteroatoms. The van der Waals surface area contributed by atoms with Gasteiger partial charge >= 0.3 is 0 Å². The Balaban J connectivity index is 3.15. The third kappa shape index (κ3) is 5.04. The van der Waals surface area contributed by atoms with E-state index in [1.165, 1.54) is 4.90 Å². The summed E-state index contributed by atoms with van der Waals surface area (Å²) in [5.41, 5.74) is 0. The minimum atomic E-state index is 0.122. The monoisotopic (exact) mass is 147 g/mol. The Labute approximate surface area is 58.5 Å². The summed E-state index contributed by atoms with van der Waals surface area (Å²) >= 11 is 0. The summed E-state index contributed by atoms with van der Waals surface area (Å²) in [5, 5.41) is 0. The maximum Gasteiger partial charge on any atom is 0.294 e. The molecule has 0 aromatic rings. The maximum atomic E-state index is 9.62. The van der Waals surface area contributed by atoms with Gasteiger partial charge in [0, 0.05) is 0 Å². The zero-order valence-electron chi connectivity index (χ0n) is 5.65. The topological polar surface area (TPSA) is 55.8 Å². The standard InChI is InChI=1S/C5H9NO4/c1-6(2-9-4-7)3-10-5-8/h4-5H,2-3H2,1H3. The highest BCUT2D eigenvalue weighted by molar-refractivity contribution is 5.37. The van der Waals surface area contributed by atoms with Crippen molar-refractivity contribution in [1.82, 2.24) is 4.90 Å². The summed E-state index contributed by atoms with van der Waals surface area (Å²) < 4.78 is 8.68. The van der Waals surface area contributed by atoms with Gasteiger partial charge in [-0.3, -0.25) is 9.59 Å². The fraction of sp³-hybridized carbons (Fsp3) is 0.600. The maximum absolute atomic E-state index is 9.62. The molecule has 0 amide bonds. The summed E-state index contributed by atoms with van der Waals surface area (Å²) in [6, 6.07) is 0. The van der Waals surface area contributed by atoms with E-state index in [0.717, 1.165) is 0 Å². The largest absolute Gasteiger partial charge is 0.452 e. The van der Waals surface area contributed by atoms with Gasteiger partial charge in [0.1, 0.15) is 13.5 Å². The van der Waals surface area contributed by atoms with E-state index in [2.05, 4.69) is 9.47 Å². The fourth-order valence-electron chi connectivity index (χ4n) is 0.353. The van der Waals surface area contributed by atoms with Crippen LogP contribution >= 0.6 is 0 Å². The number of rotatable bonds is 6. The van der Waals surface area contributed by atoms with E-state index in [1.54, 1.807) is 7.05 Å². The lowest BCUT2D eigenvalue weighted by molar-refractivity contribution is -0.139. The molecule has 0 N–H and O–H groups in total. The van der Waals surface area contributed by atoms with Crippen LogP contribution in [-0.2, 0) is 19.1 Å². The molecule has 0 aliphatic heterocycles. The minimum Gasteiger partial charge on any atom is -0.452 e. The first-order chi connectivity index (χ1) is 4.81. The lowest BCUT2D eigenvalue weighted by Crippen LogP contribution is -2.24. The van der Waals surface area contributed by atoms with Crippen molar-refractivity contribution in [3.8, 4) is 0 Å². The molecule has 0 spiro atoms. The quantitative estimate of drug-likeness (QED) is 0.363. The lowest BCUT2D eigenvalue weighted by atomic mass is 10.9. The molecular formula is C5H9NO4. The van der Waals surface area contributed by atoms with Crippen LogP contribution in [-0.4, -0.2) is 38.4 Å². The molecule has 0 heterocycles. The number of hydrogen-bond donors (Lipinski definition) is 0. The summed E-state index contributed by atoms with van der Waals surface area (Å²) in [4.78, 5) is 20.8. The van der Waals surface area contributed by atoms with Gasteiger partial charge in [-0.15, -0.1) is 0 Å². The predicted molar refractivity (Wildman–Crippen MR) is 31.8 cm³/mol. The van der Waals surface area contributed by atoms with E-state index < -0.39 is 0 Å². The first-order valence-electron chi connectivity index (χ1n) is 2.60. The average molecular weight is 147 g/mol. The molecule has 0 radical (unpaired) electrons. The van der Waals surface area contributed by atoms with Gasteiger partial charge in [-0.2, -0.15) is 0 Å². The molecule has 10 heavy (non-hydrogen) atoms. The van der Waals surface area contributed by atoms with Gasteiger partial charge in [-0.25, -0.2) is 4.90 Å². The van der Waals surface area contributed by atoms with Crippen molar-refractivity contribution in [1.29, 1.82) is 0 Å². The molecule has 0 aliphatic carbocycles. The first-order valence-corrected chi connectivity index (χ1v) is 2.60. The minimum absolute atomic E-state index is 0.122. The highest BCUT2D eigenvalue weighted by atomic mass is 16.6. The van der Waals surface area contributed by atoms with Crippen LogP contribution in [0.2, 0.25) is 0 Å². The number of ether oxygens (including phenoxy) is 2. The second-order valence-corrected chi connectivity index (χ2v) is 1.64. The van der Waals surface area contributed by atoms with Crippen molar-refractivity contribution >= 4 is 12.9 Å². The molecule has 0 aliphatic rings. The molecule has 0 rings (SSSR count). The zero-order chi connectivity index (χ0) is 7.82. The summed E-state index contributed by atoms with van der Waals surface area (Å²) in [7, 11) is 1.65. The Morgan fingerprint density at radius 2 is 1.60 bits per heavy atom. The summed E-state index contributed by atoms with van der Waals surface area (Å²) in [5.74, 6) is 0. The normalized spacial score (nSPS) is 9.00. The number of carbonyl (C=O) groups excluding carboxylic acids is 2. The van der Waals surface area contributed by atoms with E-state index in [1.807, 2.05) is 0 Å². The molecule has 0 aromatic carbocycles. The molecule has 58 valence electrons. The van der Waals surface area contributed by atoms with Crippen molar-refractivity contribution in [2.24, 2.45) is 0 Å². The predicted octanol–water partition coefficient (Wildman–Crippen LogP) is -0.821. The van der Waals surface area contributed by atoms with Gasteiger partial charge in [0.2, 0.25) is 0 Å². The highest BCUT2D eigenvalue weighted by Crippen LogP contribution is 1.80. The number of hydrogen-bond acceptors (Lipinski definition) is 5. The van der Waals surface area contributed by atoms with Crippen LogP contribution in [0.5, 0.6) is 0 Å². The Morgan fingerprint density at radius 3 is 1.90 bits per heavy atom. The molecule has 0 fully saturated rings. The van der Waals surface area contributed by atoms with Crippen LogP contribution in [0.25, 0.3) is 0 Å². The van der Waals surface area contributed by atoms with Crippen LogP contribution in [0, 0.1) is 0 Å². The average Bonchev–Trinajstić information content (AvgIpc) is 1.97. The van der Waals surface area contributed by atoms with E-state index >= 15 is 0 Å². The van der Waals surface area contributed by atoms with E-state index in [4.69, 9.17) is 0 Å². The van der Waals surface area contributed by atoms with Crippen molar-refractivity contribution in [2.45, 2.75) is 0 Å². The van der Waals surface area contributed by atoms with Crippen LogP contribution in [0.3, 0.4) is 0 Å². The molecule has 0 aromatic heterocycles. The third-order valence-electron chi connectivity index (χ3n) is 0.726. The second-order valence-electron chi connectivity index (χ2n) is 1.64. The summed E-state index contributed by atoms with van der Waals surface area (Å²) in [6.45, 7) is 0.906. The number of nitrogens with zero attached hydrogens (tertiary/aromatic N) is 1. The Bertz CT molecular complexity index is 93.8. The van der Waals surface area contributed by atoms with Gasteiger partial charge in [0.25, 0.3) is 12.9 Å². The Kier molecular flexibility index (Phi) is 5.36. The Morgan fingerprint density at radius 1 is 1.20 bits per heavy atom. The number of carbonyl (C=O) groups is 2. The van der Waals surface area contributed by atoms with Crippen LogP contribution in [0.15, 0.2) is 0 Å². The summed E-state index contributed by atoms with van der Waals surface area (Å²) in [6.07, 6.45) is 0. The SMILES string of the molecule is CN(COC=O)COC=O. The molecule has 5 nitrogen and oxygen atoms in total. The Hall–Kier alpha value is -1.10. The van der Waals surface area contributed by atoms with Gasteiger partial charge in [-0.1, -0.05) is 0 Å². The second kappa shape index (κ2) is 6.03. The highest BCUT2D eigenvalue weighted by Gasteiger charge is 1.94. The van der Waals surface area contributed by atoms with Gasteiger partial charge in [0.05, 0.1) is 0 Å². The van der Waals surface area contributed by atoms with Crippen molar-refractivity contribution in [3.05, 3.63) is 0 Å². The molecule has 0 saturated carbocycles. The van der Waals surface area contributed by atoms with Crippen molar-refractivity contribution < 1.29 is 19.1 Å². The fourth-order valence-corrected chi connectivity index (χ4v) is 0.353. The molecule has 0 saturated heterocycles. The van der Waals surface area contributed by atoms with E-state index in [-0.39, 0.29) is 13.5 Å². The van der Waals surface area contributed by atoms with Gasteiger partial charge < -0.3 is 9.47 Å². The van der Waals surface area contributed by atoms with Crippen LogP contribution in [0.4, 0.5) is 0 Å². The van der Waals surface area contributed by atoms with E-state index in [0.29, 0.717) is 12.9 Å². The van der Waals surface area contributed by atoms with E-state index in [9.17, 15) is 9.59 Å². The molecule has 0 unspecified atom stereocenters. The zero-order valence-corrected chi connectivity index (χ0v) is 5.65. The first kappa shape index (κ1) is 8.90. The van der Waals surface area contributed by atoms with Crippen molar-refractivity contribution in [3.63, 3.8) is 0 Å². The molecule has 0 bridgehead atoms. The third-order valence-corrected chi connectivity index (χ3v) is 0.726. The van der Waals surface area contributed by atoms with Crippen LogP contribution < -0.4 is 0 Å². The van der Waals surface area contributed by atoms with Crippen molar-refractivity contribution in [2.75, 3.05) is 20.5 Å².